The van der Waals surface area contributed by atoms with Gasteiger partial charge in [-0.25, -0.2) is 4.57 Å². The van der Waals surface area contributed by atoms with E-state index in [1.54, 1.807) is 25.2 Å². The summed E-state index contributed by atoms with van der Waals surface area (Å²) in [6.45, 7) is 0.646. The highest BCUT2D eigenvalue weighted by atomic mass is 35.5. The number of halogens is 1. The summed E-state index contributed by atoms with van der Waals surface area (Å²) in [5, 5.41) is 12.5. The number of rotatable bonds is 6. The van der Waals surface area contributed by atoms with E-state index in [-0.39, 0.29) is 18.3 Å². The van der Waals surface area contributed by atoms with E-state index in [2.05, 4.69) is 15.7 Å². The molecule has 2 rings (SSSR count). The first kappa shape index (κ1) is 18.6. The van der Waals surface area contributed by atoms with Crippen molar-refractivity contribution in [1.29, 1.82) is 0 Å². The third kappa shape index (κ3) is 6.88. The lowest BCUT2D eigenvalue weighted by molar-refractivity contribution is -0.695. The van der Waals surface area contributed by atoms with Crippen molar-refractivity contribution in [2.24, 2.45) is 10.3 Å². The van der Waals surface area contributed by atoms with Crippen molar-refractivity contribution in [3.8, 4) is 0 Å². The Morgan fingerprint density at radius 3 is 2.61 bits per heavy atom. The summed E-state index contributed by atoms with van der Waals surface area (Å²) in [6, 6.07) is 13.1. The van der Waals surface area contributed by atoms with Crippen molar-refractivity contribution in [3.63, 3.8) is 0 Å². The number of carbonyl (C=O) groups is 1. The summed E-state index contributed by atoms with van der Waals surface area (Å²) in [7, 11) is 3.60. The Balaban J connectivity index is 0.00000264. The van der Waals surface area contributed by atoms with Crippen LogP contribution in [0.1, 0.15) is 6.42 Å². The summed E-state index contributed by atoms with van der Waals surface area (Å²) in [5.41, 5.74) is 1.42. The van der Waals surface area contributed by atoms with Crippen LogP contribution in [0, 0.1) is 0 Å². The Morgan fingerprint density at radius 1 is 1.17 bits per heavy atom. The number of benzene rings is 1. The normalized spacial score (nSPS) is 10.2. The van der Waals surface area contributed by atoms with Crippen molar-refractivity contribution in [1.82, 2.24) is 5.01 Å². The van der Waals surface area contributed by atoms with Crippen LogP contribution >= 0.6 is 0 Å². The number of pyridine rings is 1. The smallest absolute Gasteiger partial charge is 0.230 e. The van der Waals surface area contributed by atoms with Gasteiger partial charge in [0, 0.05) is 31.9 Å². The lowest BCUT2D eigenvalue weighted by atomic mass is 10.2. The Hall–Kier alpha value is -2.47. The summed E-state index contributed by atoms with van der Waals surface area (Å²) in [4.78, 5) is 12.0. The highest BCUT2D eigenvalue weighted by molar-refractivity contribution is 5.90. The van der Waals surface area contributed by atoms with E-state index < -0.39 is 0 Å². The third-order valence-corrected chi connectivity index (χ3v) is 2.84. The monoisotopic (exact) mass is 333 g/mol. The van der Waals surface area contributed by atoms with Gasteiger partial charge >= 0.3 is 0 Å². The molecule has 6 nitrogen and oxygen atoms in total. The molecule has 1 heterocycles. The molecule has 0 atom stereocenters. The molecule has 0 unspecified atom stereocenters. The molecule has 0 fully saturated rings. The van der Waals surface area contributed by atoms with Crippen molar-refractivity contribution >= 4 is 17.3 Å². The number of nitrogens with one attached hydrogen (secondary N) is 1. The first-order valence-electron chi connectivity index (χ1n) is 7.06. The Morgan fingerprint density at radius 2 is 1.91 bits per heavy atom. The van der Waals surface area contributed by atoms with Crippen LogP contribution in [0.25, 0.3) is 0 Å². The van der Waals surface area contributed by atoms with E-state index in [0.717, 1.165) is 5.69 Å². The minimum Gasteiger partial charge on any atom is -1.00 e. The van der Waals surface area contributed by atoms with Gasteiger partial charge in [-0.05, 0) is 18.2 Å². The number of nitrogens with zero attached hydrogens (tertiary/aromatic N) is 4. The first-order valence-corrected chi connectivity index (χ1v) is 7.06. The molecule has 23 heavy (non-hydrogen) atoms. The molecule has 0 bridgehead atoms. The lowest BCUT2D eigenvalue weighted by Gasteiger charge is -2.05. The van der Waals surface area contributed by atoms with Crippen LogP contribution in [-0.2, 0) is 11.3 Å². The van der Waals surface area contributed by atoms with Gasteiger partial charge in [0.05, 0.1) is 12.1 Å². The number of amides is 1. The average Bonchev–Trinajstić information content (AvgIpc) is 2.52. The van der Waals surface area contributed by atoms with Gasteiger partial charge in [-0.1, -0.05) is 17.4 Å². The number of carbonyl (C=O) groups excluding carboxylic acids is 1. The molecule has 0 saturated heterocycles. The van der Waals surface area contributed by atoms with Gasteiger partial charge in [0.15, 0.2) is 18.9 Å². The van der Waals surface area contributed by atoms with E-state index in [1.807, 2.05) is 53.4 Å². The maximum absolute atomic E-state index is 12.0. The maximum atomic E-state index is 12.0. The van der Waals surface area contributed by atoms with Gasteiger partial charge in [-0.2, -0.15) is 0 Å². The van der Waals surface area contributed by atoms with E-state index in [0.29, 0.717) is 18.7 Å². The van der Waals surface area contributed by atoms with Crippen LogP contribution in [0.15, 0.2) is 65.2 Å². The lowest BCUT2D eigenvalue weighted by Crippen LogP contribution is -3.00. The molecule has 7 heteroatoms. The van der Waals surface area contributed by atoms with Gasteiger partial charge in [-0.3, -0.25) is 9.80 Å². The standard InChI is InChI=1S/C16H19N5O.ClH/c1-20(2)19-18-15-8-6-7-14(13-15)17-16(22)9-12-21-10-4-3-5-11-21;/h3-8,10-11,13H,9,12H2,1-2H3;1H. The highest BCUT2D eigenvalue weighted by Gasteiger charge is 2.06. The van der Waals surface area contributed by atoms with E-state index >= 15 is 0 Å². The van der Waals surface area contributed by atoms with Gasteiger partial charge in [0.25, 0.3) is 0 Å². The first-order chi connectivity index (χ1) is 10.6. The highest BCUT2D eigenvalue weighted by Crippen LogP contribution is 2.18. The van der Waals surface area contributed by atoms with Gasteiger partial charge in [-0.15, -0.1) is 5.11 Å². The van der Waals surface area contributed by atoms with E-state index in [4.69, 9.17) is 0 Å². The molecule has 1 aromatic carbocycles. The molecule has 1 aromatic heterocycles. The van der Waals surface area contributed by atoms with Gasteiger partial charge in [0.2, 0.25) is 5.91 Å². The molecular formula is C16H20ClN5O. The average molecular weight is 334 g/mol. The molecule has 0 aliphatic heterocycles. The van der Waals surface area contributed by atoms with Crippen LogP contribution < -0.4 is 22.3 Å². The van der Waals surface area contributed by atoms with Crippen LogP contribution in [0.3, 0.4) is 0 Å². The minimum atomic E-state index is -0.0296. The second-order valence-electron chi connectivity index (χ2n) is 5.00. The van der Waals surface area contributed by atoms with Gasteiger partial charge < -0.3 is 17.7 Å². The second-order valence-corrected chi connectivity index (χ2v) is 5.00. The number of hydrogen-bond acceptors (Lipinski definition) is 3. The summed E-state index contributed by atoms with van der Waals surface area (Å²) >= 11 is 0. The van der Waals surface area contributed by atoms with Crippen molar-refractivity contribution in [2.45, 2.75) is 13.0 Å². The SMILES string of the molecule is CN(C)N=Nc1cccc(NC(=O)CC[n+]2ccccc2)c1.[Cl-]. The van der Waals surface area contributed by atoms with Crippen LogP contribution in [0.2, 0.25) is 0 Å². The fourth-order valence-electron chi connectivity index (χ4n) is 1.82. The quantitative estimate of drug-likeness (QED) is 0.443. The number of aryl methyl sites for hydroxylation is 1. The van der Waals surface area contributed by atoms with Crippen molar-refractivity contribution in [3.05, 3.63) is 54.9 Å². The summed E-state index contributed by atoms with van der Waals surface area (Å²) < 4.78 is 1.97. The Labute approximate surface area is 142 Å². The van der Waals surface area contributed by atoms with Crippen molar-refractivity contribution < 1.29 is 21.8 Å². The largest absolute Gasteiger partial charge is 1.00 e. The predicted molar refractivity (Wildman–Crippen MR) is 84.5 cm³/mol. The van der Waals surface area contributed by atoms with Crippen LogP contribution in [0.5, 0.6) is 0 Å². The zero-order chi connectivity index (χ0) is 15.8. The number of hydrogen-bond donors (Lipinski definition) is 1. The topological polar surface area (TPSA) is 60.9 Å². The molecule has 122 valence electrons. The molecule has 0 saturated carbocycles. The molecule has 2 aromatic rings. The predicted octanol–water partition coefficient (Wildman–Crippen LogP) is -0.433. The molecule has 1 N–H and O–H groups in total. The maximum Gasteiger partial charge on any atom is 0.230 e. The van der Waals surface area contributed by atoms with E-state index in [9.17, 15) is 4.79 Å². The molecule has 1 amide bonds. The molecule has 0 radical (unpaired) electrons. The third-order valence-electron chi connectivity index (χ3n) is 2.84. The molecule has 0 spiro atoms. The minimum absolute atomic E-state index is 0. The fraction of sp³-hybridized carbons (Fsp3) is 0.250. The molecule has 0 aliphatic rings. The molecular weight excluding hydrogens is 314 g/mol. The number of aromatic nitrogens is 1. The summed E-state index contributed by atoms with van der Waals surface area (Å²) in [5.74, 6) is -0.0296. The second kappa shape index (κ2) is 9.53. The Bertz CT molecular complexity index is 646. The Kier molecular flexibility index (Phi) is 7.70. The summed E-state index contributed by atoms with van der Waals surface area (Å²) in [6.07, 6.45) is 4.29. The van der Waals surface area contributed by atoms with Crippen LogP contribution in [-0.4, -0.2) is 25.0 Å². The van der Waals surface area contributed by atoms with Crippen molar-refractivity contribution in [2.75, 3.05) is 19.4 Å². The van der Waals surface area contributed by atoms with E-state index in [1.165, 1.54) is 0 Å². The zero-order valence-corrected chi connectivity index (χ0v) is 13.9. The number of anilines is 1. The zero-order valence-electron chi connectivity index (χ0n) is 13.2. The molecule has 0 aliphatic carbocycles. The van der Waals surface area contributed by atoms with Gasteiger partial charge in [0.1, 0.15) is 0 Å². The van der Waals surface area contributed by atoms with Crippen LogP contribution in [0.4, 0.5) is 11.4 Å². The fourth-order valence-corrected chi connectivity index (χ4v) is 1.82.